The first-order valence-electron chi connectivity index (χ1n) is 23.0. The van der Waals surface area contributed by atoms with Gasteiger partial charge in [0.25, 0.3) is 0 Å². The predicted molar refractivity (Wildman–Crippen MR) is 276 cm³/mol. The van der Waals surface area contributed by atoms with Crippen molar-refractivity contribution in [1.82, 2.24) is 0 Å². The molecule has 0 bridgehead atoms. The van der Waals surface area contributed by atoms with E-state index in [-0.39, 0.29) is 0 Å². The van der Waals surface area contributed by atoms with E-state index in [9.17, 15) is 0 Å². The Morgan fingerprint density at radius 3 is 1.09 bits per heavy atom. The Morgan fingerprint density at radius 2 is 0.652 bits per heavy atom. The molecule has 3 aliphatic carbocycles. The van der Waals surface area contributed by atoms with Crippen LogP contribution in [0.5, 0.6) is 0 Å². The number of nitrogens with zero attached hydrogens (tertiary/aromatic N) is 3. The molecule has 3 heteroatoms. The molecule has 0 aromatic heterocycles. The molecule has 0 aliphatic heterocycles. The van der Waals surface area contributed by atoms with E-state index < -0.39 is 5.41 Å². The number of rotatable bonds is 9. The molecule has 0 amide bonds. The van der Waals surface area contributed by atoms with Crippen molar-refractivity contribution in [2.24, 2.45) is 0 Å². The van der Waals surface area contributed by atoms with Gasteiger partial charge in [-0.25, -0.2) is 0 Å². The van der Waals surface area contributed by atoms with Crippen LogP contribution < -0.4 is 14.7 Å². The summed E-state index contributed by atoms with van der Waals surface area (Å²) < 4.78 is 0. The largest absolute Gasteiger partial charge is 0.314 e. The molecule has 0 saturated heterocycles. The van der Waals surface area contributed by atoms with Gasteiger partial charge in [0.15, 0.2) is 0 Å². The highest BCUT2D eigenvalue weighted by atomic mass is 15.2. The molecule has 3 nitrogen and oxygen atoms in total. The first-order valence-corrected chi connectivity index (χ1v) is 23.0. The molecule has 3 aliphatic rings. The second kappa shape index (κ2) is 16.6. The molecule has 1 unspecified atom stereocenters. The first-order chi connectivity index (χ1) is 32.8. The van der Waals surface area contributed by atoms with Crippen LogP contribution in [0.3, 0.4) is 0 Å². The summed E-state index contributed by atoms with van der Waals surface area (Å²) in [5.41, 5.74) is 19.7. The van der Waals surface area contributed by atoms with E-state index in [4.69, 9.17) is 0 Å². The average molecular weight is 846 g/mol. The van der Waals surface area contributed by atoms with E-state index in [0.29, 0.717) is 0 Å². The highest BCUT2D eigenvalue weighted by Crippen LogP contribution is 2.64. The smallest absolute Gasteiger partial charge is 0.0727 e. The first kappa shape index (κ1) is 39.2. The van der Waals surface area contributed by atoms with Crippen LogP contribution in [0.15, 0.2) is 267 Å². The third kappa shape index (κ3) is 6.51. The predicted octanol–water partition coefficient (Wildman–Crippen LogP) is 16.9. The third-order valence-corrected chi connectivity index (χ3v) is 13.5. The summed E-state index contributed by atoms with van der Waals surface area (Å²) in [6.07, 6.45) is 13.1. The summed E-state index contributed by atoms with van der Waals surface area (Å²) >= 11 is 0. The van der Waals surface area contributed by atoms with E-state index in [1.165, 1.54) is 50.2 Å². The molecular formula is C63H47N3. The minimum absolute atomic E-state index is 0.659. The molecule has 9 aromatic carbocycles. The van der Waals surface area contributed by atoms with Crippen LogP contribution in [-0.4, -0.2) is 0 Å². The van der Waals surface area contributed by atoms with Crippen molar-refractivity contribution in [2.45, 2.75) is 18.3 Å². The van der Waals surface area contributed by atoms with Gasteiger partial charge in [-0.15, -0.1) is 0 Å². The lowest BCUT2D eigenvalue weighted by Gasteiger charge is -2.34. The maximum absolute atomic E-state index is 2.51. The Morgan fingerprint density at radius 1 is 0.288 bits per heavy atom. The van der Waals surface area contributed by atoms with Crippen LogP contribution in [0.1, 0.15) is 35.1 Å². The van der Waals surface area contributed by atoms with E-state index in [1.807, 2.05) is 0 Å². The van der Waals surface area contributed by atoms with Crippen LogP contribution in [0.4, 0.5) is 45.5 Å². The zero-order valence-electron chi connectivity index (χ0n) is 36.6. The van der Waals surface area contributed by atoms with Gasteiger partial charge in [0.1, 0.15) is 0 Å². The number of para-hydroxylation sites is 5. The van der Waals surface area contributed by atoms with Gasteiger partial charge in [-0.3, -0.25) is 0 Å². The van der Waals surface area contributed by atoms with Gasteiger partial charge >= 0.3 is 0 Å². The molecule has 0 fully saturated rings. The second-order valence-corrected chi connectivity index (χ2v) is 17.2. The molecule has 1 spiro atoms. The van der Waals surface area contributed by atoms with Gasteiger partial charge < -0.3 is 14.7 Å². The Labute approximate surface area is 387 Å². The lowest BCUT2D eigenvalue weighted by molar-refractivity contribution is 0.793. The lowest BCUT2D eigenvalue weighted by Crippen LogP contribution is -2.27. The number of anilines is 8. The summed E-state index contributed by atoms with van der Waals surface area (Å²) in [5, 5.41) is 0. The fourth-order valence-corrected chi connectivity index (χ4v) is 10.7. The quantitative estimate of drug-likeness (QED) is 0.134. The fraction of sp³-hybridized carbons (Fsp3) is 0.0476. The van der Waals surface area contributed by atoms with Crippen LogP contribution in [0.25, 0.3) is 22.3 Å². The Bertz CT molecular complexity index is 3130. The van der Waals surface area contributed by atoms with Crippen LogP contribution >= 0.6 is 0 Å². The normalized spacial score (nSPS) is 16.9. The lowest BCUT2D eigenvalue weighted by atomic mass is 9.70. The Kier molecular flexibility index (Phi) is 9.87. The molecule has 0 N–H and O–H groups in total. The molecule has 66 heavy (non-hydrogen) atoms. The van der Waals surface area contributed by atoms with Gasteiger partial charge in [-0.1, -0.05) is 158 Å². The highest BCUT2D eigenvalue weighted by molar-refractivity contribution is 5.98. The van der Waals surface area contributed by atoms with E-state index in [0.717, 1.165) is 58.3 Å². The molecule has 9 aromatic rings. The monoisotopic (exact) mass is 845 g/mol. The van der Waals surface area contributed by atoms with Gasteiger partial charge in [0.05, 0.1) is 5.41 Å². The number of fused-ring (bicyclic) bond motifs is 10. The zero-order valence-corrected chi connectivity index (χ0v) is 36.6. The number of benzene rings is 9. The molecular weight excluding hydrogens is 799 g/mol. The topological polar surface area (TPSA) is 9.72 Å². The highest BCUT2D eigenvalue weighted by Gasteiger charge is 2.52. The van der Waals surface area contributed by atoms with E-state index >= 15 is 0 Å². The molecule has 314 valence electrons. The van der Waals surface area contributed by atoms with Gasteiger partial charge in [-0.2, -0.15) is 0 Å². The van der Waals surface area contributed by atoms with Crippen molar-refractivity contribution >= 4 is 45.5 Å². The molecule has 0 radical (unpaired) electrons. The molecule has 1 atom stereocenters. The SMILES string of the molecule is C1=C\C/C=C\C\C(N(c2ccccc2)c2ccc3c(c2)C2(c4ccccc4-c4ccc(N(c5ccccc5)c5ccccc5)cc42)c2cc(N(c4ccccc4)c4ccccc4)ccc2-3)=C/1. The van der Waals surface area contributed by atoms with Crippen molar-refractivity contribution in [3.05, 3.63) is 289 Å². The van der Waals surface area contributed by atoms with Gasteiger partial charge in [0.2, 0.25) is 0 Å². The number of hydrogen-bond acceptors (Lipinski definition) is 3. The number of allylic oxidation sites excluding steroid dienone is 5. The molecule has 12 rings (SSSR count). The van der Waals surface area contributed by atoms with Gasteiger partial charge in [-0.05, 0) is 154 Å². The van der Waals surface area contributed by atoms with Crippen LogP contribution in [-0.2, 0) is 5.41 Å². The summed E-state index contributed by atoms with van der Waals surface area (Å²) in [5.74, 6) is 0. The molecule has 0 saturated carbocycles. The van der Waals surface area contributed by atoms with Crippen LogP contribution in [0.2, 0.25) is 0 Å². The Balaban J connectivity index is 1.15. The maximum atomic E-state index is 2.51. The van der Waals surface area contributed by atoms with Gasteiger partial charge in [0, 0.05) is 57.6 Å². The second-order valence-electron chi connectivity index (χ2n) is 17.2. The molecule has 0 heterocycles. The van der Waals surface area contributed by atoms with Crippen molar-refractivity contribution in [3.63, 3.8) is 0 Å². The summed E-state index contributed by atoms with van der Waals surface area (Å²) in [7, 11) is 0. The Hall–Kier alpha value is -8.40. The summed E-state index contributed by atoms with van der Waals surface area (Å²) in [4.78, 5) is 7.25. The fourth-order valence-electron chi connectivity index (χ4n) is 10.7. The summed E-state index contributed by atoms with van der Waals surface area (Å²) in [6, 6.07) is 84.6. The summed E-state index contributed by atoms with van der Waals surface area (Å²) in [6.45, 7) is 0. The maximum Gasteiger partial charge on any atom is 0.0727 e. The zero-order chi connectivity index (χ0) is 43.9. The van der Waals surface area contributed by atoms with Crippen molar-refractivity contribution in [1.29, 1.82) is 0 Å². The standard InChI is InChI=1S/C63H47N3/c1-2-9-23-46(24-10-3-1)64(47-25-11-4-12-26-47)53-38-41-57-58-42-39-54(66(50-31-17-7-18-32-50)51-33-19-8-20-34-51)45-62(58)63(61(57)44-53)59-36-22-21-35-55(59)56-40-37-52(43-60(56)63)65(48-27-13-5-14-28-48)49-29-15-6-16-30-49/h2-23,25-45H,1,24H2/b9-2-,10-3-,46-23+. The minimum atomic E-state index is -0.659. The number of hydrogen-bond donors (Lipinski definition) is 0. The minimum Gasteiger partial charge on any atom is -0.314 e. The average Bonchev–Trinajstić information content (AvgIpc) is 3.83. The van der Waals surface area contributed by atoms with Crippen LogP contribution in [0, 0.1) is 0 Å². The third-order valence-electron chi connectivity index (χ3n) is 13.5. The van der Waals surface area contributed by atoms with Crippen molar-refractivity contribution in [2.75, 3.05) is 14.7 Å². The van der Waals surface area contributed by atoms with E-state index in [2.05, 4.69) is 276 Å². The van der Waals surface area contributed by atoms with Crippen molar-refractivity contribution < 1.29 is 0 Å². The van der Waals surface area contributed by atoms with E-state index in [1.54, 1.807) is 0 Å². The van der Waals surface area contributed by atoms with Crippen molar-refractivity contribution in [3.8, 4) is 22.3 Å².